The third-order valence-corrected chi connectivity index (χ3v) is 4.04. The van der Waals surface area contributed by atoms with Crippen LogP contribution in [0, 0.1) is 0 Å². The van der Waals surface area contributed by atoms with Crippen molar-refractivity contribution in [3.8, 4) is 0 Å². The maximum Gasteiger partial charge on any atom is 0.253 e. The van der Waals surface area contributed by atoms with Crippen LogP contribution in [0.3, 0.4) is 0 Å². The quantitative estimate of drug-likeness (QED) is 0.738. The highest BCUT2D eigenvalue weighted by molar-refractivity contribution is 7.11. The van der Waals surface area contributed by atoms with E-state index in [-0.39, 0.29) is 5.91 Å². The van der Waals surface area contributed by atoms with E-state index in [9.17, 15) is 4.79 Å². The summed E-state index contributed by atoms with van der Waals surface area (Å²) < 4.78 is 0. The standard InChI is InChI=1S/C14H18N4OS/c1-3-10-7-18-13(20-10)8-17-12-6-9(15)4-5-11(12)14(19)16-2/h4-7,17H,3,8,15H2,1-2H3,(H,16,19). The molecule has 0 fully saturated rings. The van der Waals surface area contributed by atoms with Crippen LogP contribution in [0.15, 0.2) is 24.4 Å². The van der Waals surface area contributed by atoms with Gasteiger partial charge in [-0.2, -0.15) is 0 Å². The fourth-order valence-corrected chi connectivity index (χ4v) is 2.61. The molecule has 4 N–H and O–H groups in total. The monoisotopic (exact) mass is 290 g/mol. The Morgan fingerprint density at radius 3 is 2.90 bits per heavy atom. The number of anilines is 2. The molecular formula is C14H18N4OS. The average molecular weight is 290 g/mol. The highest BCUT2D eigenvalue weighted by Gasteiger charge is 2.10. The van der Waals surface area contributed by atoms with Crippen LogP contribution in [0.2, 0.25) is 0 Å². The molecule has 0 aliphatic rings. The number of hydrogen-bond donors (Lipinski definition) is 3. The highest BCUT2D eigenvalue weighted by atomic mass is 32.1. The molecule has 1 aromatic carbocycles. The molecule has 1 aromatic heterocycles. The normalized spacial score (nSPS) is 10.3. The van der Waals surface area contributed by atoms with Gasteiger partial charge in [-0.3, -0.25) is 4.79 Å². The number of nitrogens with zero attached hydrogens (tertiary/aromatic N) is 1. The third kappa shape index (κ3) is 3.27. The SMILES string of the molecule is CCc1cnc(CNc2cc(N)ccc2C(=O)NC)s1. The number of carbonyl (C=O) groups excluding carboxylic acids is 1. The third-order valence-electron chi connectivity index (χ3n) is 2.90. The second-order valence-electron chi connectivity index (χ2n) is 4.31. The lowest BCUT2D eigenvalue weighted by atomic mass is 10.1. The first-order valence-electron chi connectivity index (χ1n) is 6.43. The molecule has 6 heteroatoms. The molecule has 1 heterocycles. The minimum Gasteiger partial charge on any atom is -0.399 e. The molecule has 2 rings (SSSR count). The van der Waals surface area contributed by atoms with Crippen molar-refractivity contribution in [3.63, 3.8) is 0 Å². The number of amides is 1. The number of aromatic nitrogens is 1. The van der Waals surface area contributed by atoms with Crippen molar-refractivity contribution in [3.05, 3.63) is 39.8 Å². The lowest BCUT2D eigenvalue weighted by molar-refractivity contribution is 0.0964. The summed E-state index contributed by atoms with van der Waals surface area (Å²) in [5.41, 5.74) is 7.70. The van der Waals surface area contributed by atoms with Crippen LogP contribution in [0.1, 0.15) is 27.2 Å². The van der Waals surface area contributed by atoms with Gasteiger partial charge in [0.05, 0.1) is 12.1 Å². The zero-order chi connectivity index (χ0) is 14.5. The Kier molecular flexibility index (Phi) is 4.57. The number of benzene rings is 1. The van der Waals surface area contributed by atoms with Gasteiger partial charge in [0.25, 0.3) is 5.91 Å². The number of hydrogen-bond acceptors (Lipinski definition) is 5. The summed E-state index contributed by atoms with van der Waals surface area (Å²) in [6, 6.07) is 5.20. The van der Waals surface area contributed by atoms with Crippen molar-refractivity contribution in [2.45, 2.75) is 19.9 Å². The van der Waals surface area contributed by atoms with Gasteiger partial charge in [0.2, 0.25) is 0 Å². The zero-order valence-electron chi connectivity index (χ0n) is 11.6. The van der Waals surface area contributed by atoms with Gasteiger partial charge in [0.1, 0.15) is 5.01 Å². The fourth-order valence-electron chi connectivity index (χ4n) is 1.80. The number of nitrogen functional groups attached to an aromatic ring is 1. The van der Waals surface area contributed by atoms with Crippen LogP contribution in [0.5, 0.6) is 0 Å². The predicted octanol–water partition coefficient (Wildman–Crippen LogP) is 2.26. The van der Waals surface area contributed by atoms with Crippen LogP contribution in [-0.2, 0) is 13.0 Å². The molecule has 0 saturated carbocycles. The van der Waals surface area contributed by atoms with E-state index in [4.69, 9.17) is 5.73 Å². The summed E-state index contributed by atoms with van der Waals surface area (Å²) in [6.07, 6.45) is 2.88. The Bertz CT molecular complexity index is 609. The Hall–Kier alpha value is -2.08. The summed E-state index contributed by atoms with van der Waals surface area (Å²) in [7, 11) is 1.61. The lowest BCUT2D eigenvalue weighted by Gasteiger charge is -2.11. The van der Waals surface area contributed by atoms with E-state index in [1.165, 1.54) is 4.88 Å². The van der Waals surface area contributed by atoms with Gasteiger partial charge in [-0.05, 0) is 24.6 Å². The van der Waals surface area contributed by atoms with Crippen molar-refractivity contribution in [2.75, 3.05) is 18.1 Å². The first-order valence-corrected chi connectivity index (χ1v) is 7.24. The zero-order valence-corrected chi connectivity index (χ0v) is 12.4. The van der Waals surface area contributed by atoms with Gasteiger partial charge in [-0.15, -0.1) is 11.3 Å². The molecule has 0 unspecified atom stereocenters. The second kappa shape index (κ2) is 6.38. The van der Waals surface area contributed by atoms with Gasteiger partial charge in [-0.25, -0.2) is 4.98 Å². The van der Waals surface area contributed by atoms with Crippen LogP contribution >= 0.6 is 11.3 Å². The van der Waals surface area contributed by atoms with Gasteiger partial charge < -0.3 is 16.4 Å². The highest BCUT2D eigenvalue weighted by Crippen LogP contribution is 2.21. The van der Waals surface area contributed by atoms with E-state index in [0.717, 1.165) is 17.1 Å². The first-order chi connectivity index (χ1) is 9.63. The molecule has 0 aliphatic heterocycles. The van der Waals surface area contributed by atoms with E-state index in [1.807, 2.05) is 6.20 Å². The summed E-state index contributed by atoms with van der Waals surface area (Å²) >= 11 is 1.67. The molecule has 1 amide bonds. The number of rotatable bonds is 5. The minimum atomic E-state index is -0.138. The van der Waals surface area contributed by atoms with E-state index in [0.29, 0.717) is 17.8 Å². The van der Waals surface area contributed by atoms with Crippen molar-refractivity contribution in [1.82, 2.24) is 10.3 Å². The van der Waals surface area contributed by atoms with Crippen molar-refractivity contribution in [1.29, 1.82) is 0 Å². The summed E-state index contributed by atoms with van der Waals surface area (Å²) in [5.74, 6) is -0.138. The van der Waals surface area contributed by atoms with Crippen molar-refractivity contribution < 1.29 is 4.79 Å². The maximum absolute atomic E-state index is 11.8. The van der Waals surface area contributed by atoms with Crippen molar-refractivity contribution in [2.24, 2.45) is 0 Å². The predicted molar refractivity (Wildman–Crippen MR) is 83.1 cm³/mol. The molecule has 0 aliphatic carbocycles. The second-order valence-corrected chi connectivity index (χ2v) is 5.51. The average Bonchev–Trinajstić information content (AvgIpc) is 2.92. The van der Waals surface area contributed by atoms with Crippen LogP contribution in [-0.4, -0.2) is 17.9 Å². The van der Waals surface area contributed by atoms with E-state index in [2.05, 4.69) is 22.5 Å². The maximum atomic E-state index is 11.8. The number of thiazole rings is 1. The molecule has 0 atom stereocenters. The molecule has 0 radical (unpaired) electrons. The summed E-state index contributed by atoms with van der Waals surface area (Å²) in [5, 5.41) is 6.84. The van der Waals surface area contributed by atoms with Gasteiger partial charge >= 0.3 is 0 Å². The Balaban J connectivity index is 2.15. The summed E-state index contributed by atoms with van der Waals surface area (Å²) in [6.45, 7) is 2.68. The largest absolute Gasteiger partial charge is 0.399 e. The number of aryl methyl sites for hydroxylation is 1. The van der Waals surface area contributed by atoms with Crippen LogP contribution in [0.4, 0.5) is 11.4 Å². The van der Waals surface area contributed by atoms with E-state index < -0.39 is 0 Å². The molecule has 2 aromatic rings. The molecule has 0 bridgehead atoms. The van der Waals surface area contributed by atoms with Crippen molar-refractivity contribution >= 4 is 28.6 Å². The summed E-state index contributed by atoms with van der Waals surface area (Å²) in [4.78, 5) is 17.4. The molecule has 0 saturated heterocycles. The van der Waals surface area contributed by atoms with Crippen LogP contribution in [0.25, 0.3) is 0 Å². The van der Waals surface area contributed by atoms with Gasteiger partial charge in [-0.1, -0.05) is 6.92 Å². The fraction of sp³-hybridized carbons (Fsp3) is 0.286. The topological polar surface area (TPSA) is 80.0 Å². The van der Waals surface area contributed by atoms with Gasteiger partial charge in [0.15, 0.2) is 0 Å². The Labute approximate surface area is 122 Å². The lowest BCUT2D eigenvalue weighted by Crippen LogP contribution is -2.19. The smallest absolute Gasteiger partial charge is 0.253 e. The number of nitrogens with one attached hydrogen (secondary N) is 2. The number of carbonyl (C=O) groups is 1. The number of nitrogens with two attached hydrogens (primary N) is 1. The Morgan fingerprint density at radius 2 is 2.25 bits per heavy atom. The molecule has 5 nitrogen and oxygen atoms in total. The van der Waals surface area contributed by atoms with E-state index in [1.54, 1.807) is 36.6 Å². The van der Waals surface area contributed by atoms with Crippen LogP contribution < -0.4 is 16.4 Å². The molecule has 20 heavy (non-hydrogen) atoms. The first kappa shape index (κ1) is 14.3. The molecule has 0 spiro atoms. The molecule has 106 valence electrons. The minimum absolute atomic E-state index is 0.138. The van der Waals surface area contributed by atoms with E-state index >= 15 is 0 Å². The Morgan fingerprint density at radius 1 is 1.45 bits per heavy atom. The van der Waals surface area contributed by atoms with Gasteiger partial charge in [0, 0.05) is 29.5 Å². The molecular weight excluding hydrogens is 272 g/mol.